The van der Waals surface area contributed by atoms with E-state index in [1.807, 2.05) is 13.0 Å². The Labute approximate surface area is 106 Å². The molecule has 0 saturated carbocycles. The van der Waals surface area contributed by atoms with Gasteiger partial charge in [0, 0.05) is 12.1 Å². The fraction of sp³-hybridized carbons (Fsp3) is 0.462. The van der Waals surface area contributed by atoms with E-state index in [0.29, 0.717) is 11.7 Å². The molecule has 0 aliphatic carbocycles. The first kappa shape index (κ1) is 14.0. The van der Waals surface area contributed by atoms with Gasteiger partial charge in [-0.3, -0.25) is 10.1 Å². The second-order valence-corrected chi connectivity index (χ2v) is 4.61. The van der Waals surface area contributed by atoms with Gasteiger partial charge in [0.15, 0.2) is 0 Å². The normalized spacial score (nSPS) is 11.9. The summed E-state index contributed by atoms with van der Waals surface area (Å²) in [6, 6.07) is 6.05. The number of ether oxygens (including phenoxy) is 1. The van der Waals surface area contributed by atoms with Gasteiger partial charge >= 0.3 is 0 Å². The first-order valence-electron chi connectivity index (χ1n) is 5.79. The number of hydrogen-bond acceptors (Lipinski definition) is 4. The Bertz CT molecular complexity index is 478. The van der Waals surface area contributed by atoms with E-state index in [1.165, 1.54) is 18.2 Å². The highest BCUT2D eigenvalue weighted by atomic mass is 16.6. The Hall–Kier alpha value is -2.09. The lowest BCUT2D eigenvalue weighted by molar-refractivity contribution is -0.385. The molecule has 0 spiro atoms. The van der Waals surface area contributed by atoms with E-state index >= 15 is 0 Å². The van der Waals surface area contributed by atoms with Crippen LogP contribution in [0.5, 0.6) is 5.75 Å². The first-order chi connectivity index (χ1) is 8.43. The summed E-state index contributed by atoms with van der Waals surface area (Å²) in [5.74, 6) is 0.999. The number of nitriles is 1. The van der Waals surface area contributed by atoms with Crippen molar-refractivity contribution >= 4 is 5.69 Å². The molecule has 1 aromatic rings. The van der Waals surface area contributed by atoms with Gasteiger partial charge in [-0.2, -0.15) is 5.26 Å². The van der Waals surface area contributed by atoms with Crippen LogP contribution in [0.25, 0.3) is 0 Å². The molecular weight excluding hydrogens is 232 g/mol. The maximum Gasteiger partial charge on any atom is 0.287 e. The van der Waals surface area contributed by atoms with Gasteiger partial charge in [0.1, 0.15) is 17.4 Å². The van der Waals surface area contributed by atoms with Crippen molar-refractivity contribution in [3.05, 3.63) is 33.9 Å². The smallest absolute Gasteiger partial charge is 0.287 e. The van der Waals surface area contributed by atoms with Gasteiger partial charge in [-0.05, 0) is 25.3 Å². The van der Waals surface area contributed by atoms with E-state index < -0.39 is 4.92 Å². The van der Waals surface area contributed by atoms with Gasteiger partial charge in [0.05, 0.1) is 11.0 Å². The summed E-state index contributed by atoms with van der Waals surface area (Å²) in [5, 5.41) is 19.5. The van der Waals surface area contributed by atoms with Crippen LogP contribution >= 0.6 is 0 Å². The lowest BCUT2D eigenvalue weighted by Crippen LogP contribution is -2.14. The van der Waals surface area contributed by atoms with Crippen LogP contribution in [0, 0.1) is 27.4 Å². The van der Waals surface area contributed by atoms with E-state index in [4.69, 9.17) is 10.00 Å². The van der Waals surface area contributed by atoms with Crippen molar-refractivity contribution in [1.82, 2.24) is 0 Å². The molecule has 1 aromatic carbocycles. The van der Waals surface area contributed by atoms with E-state index in [9.17, 15) is 10.1 Å². The molecule has 96 valence electrons. The summed E-state index contributed by atoms with van der Waals surface area (Å²) in [5.41, 5.74) is -0.171. The summed E-state index contributed by atoms with van der Waals surface area (Å²) < 4.78 is 5.63. The minimum absolute atomic E-state index is 0.0120. The third-order valence-corrected chi connectivity index (χ3v) is 2.43. The van der Waals surface area contributed by atoms with Gasteiger partial charge in [0.2, 0.25) is 0 Å². The van der Waals surface area contributed by atoms with Gasteiger partial charge in [-0.15, -0.1) is 0 Å². The molecule has 5 heteroatoms. The monoisotopic (exact) mass is 248 g/mol. The third kappa shape index (κ3) is 3.74. The highest BCUT2D eigenvalue weighted by molar-refractivity contribution is 5.52. The van der Waals surface area contributed by atoms with E-state index in [0.717, 1.165) is 6.42 Å². The van der Waals surface area contributed by atoms with Gasteiger partial charge in [-0.1, -0.05) is 13.8 Å². The van der Waals surface area contributed by atoms with E-state index in [2.05, 4.69) is 13.8 Å². The van der Waals surface area contributed by atoms with Crippen molar-refractivity contribution in [2.24, 2.45) is 5.92 Å². The van der Waals surface area contributed by atoms with Crippen molar-refractivity contribution in [1.29, 1.82) is 5.26 Å². The van der Waals surface area contributed by atoms with Crippen molar-refractivity contribution in [2.45, 2.75) is 33.3 Å². The second-order valence-electron chi connectivity index (χ2n) is 4.61. The van der Waals surface area contributed by atoms with Crippen LogP contribution < -0.4 is 4.74 Å². The van der Waals surface area contributed by atoms with Gasteiger partial charge in [-0.25, -0.2) is 0 Å². The fourth-order valence-electron chi connectivity index (χ4n) is 1.78. The maximum atomic E-state index is 10.7. The molecule has 0 saturated heterocycles. The van der Waals surface area contributed by atoms with Crippen LogP contribution in [0.3, 0.4) is 0 Å². The Morgan fingerprint density at radius 2 is 2.11 bits per heavy atom. The molecule has 5 nitrogen and oxygen atoms in total. The number of rotatable bonds is 5. The zero-order chi connectivity index (χ0) is 13.7. The largest absolute Gasteiger partial charge is 0.491 e. The molecule has 1 rings (SSSR count). The lowest BCUT2D eigenvalue weighted by Gasteiger charge is -2.16. The van der Waals surface area contributed by atoms with Crippen molar-refractivity contribution in [2.75, 3.05) is 0 Å². The van der Waals surface area contributed by atoms with Crippen molar-refractivity contribution in [3.8, 4) is 11.8 Å². The molecule has 0 aliphatic rings. The minimum atomic E-state index is -0.570. The molecule has 0 amide bonds. The standard InChI is InChI=1S/C13H16N2O3/c1-9(2)6-10(3)18-12-4-5-13(15(16)17)11(7-12)8-14/h4-5,7,9-10H,6H2,1-3H3. The molecule has 1 atom stereocenters. The summed E-state index contributed by atoms with van der Waals surface area (Å²) in [7, 11) is 0. The number of nitro groups is 1. The number of benzene rings is 1. The highest BCUT2D eigenvalue weighted by Crippen LogP contribution is 2.24. The van der Waals surface area contributed by atoms with Crippen LogP contribution in [0.2, 0.25) is 0 Å². The first-order valence-corrected chi connectivity index (χ1v) is 5.79. The lowest BCUT2D eigenvalue weighted by atomic mass is 10.1. The average molecular weight is 248 g/mol. The molecule has 1 unspecified atom stereocenters. The molecule has 0 bridgehead atoms. The van der Waals surface area contributed by atoms with Crippen LogP contribution in [-0.2, 0) is 0 Å². The molecule has 0 aromatic heterocycles. The molecule has 0 N–H and O–H groups in total. The van der Waals surface area contributed by atoms with Crippen LogP contribution in [0.15, 0.2) is 18.2 Å². The van der Waals surface area contributed by atoms with Crippen LogP contribution in [0.4, 0.5) is 5.69 Å². The number of nitrogens with zero attached hydrogens (tertiary/aromatic N) is 2. The van der Waals surface area contributed by atoms with Crippen molar-refractivity contribution in [3.63, 3.8) is 0 Å². The number of hydrogen-bond donors (Lipinski definition) is 0. The summed E-state index contributed by atoms with van der Waals surface area (Å²) in [4.78, 5) is 10.1. The maximum absolute atomic E-state index is 10.7. The average Bonchev–Trinajstić information content (AvgIpc) is 2.27. The molecule has 0 heterocycles. The summed E-state index contributed by atoms with van der Waals surface area (Å²) in [6.07, 6.45) is 0.900. The molecule has 0 fully saturated rings. The Morgan fingerprint density at radius 1 is 1.44 bits per heavy atom. The van der Waals surface area contributed by atoms with Gasteiger partial charge < -0.3 is 4.74 Å². The third-order valence-electron chi connectivity index (χ3n) is 2.43. The number of nitro benzene ring substituents is 1. The Morgan fingerprint density at radius 3 is 2.61 bits per heavy atom. The quantitative estimate of drug-likeness (QED) is 0.591. The molecule has 0 radical (unpaired) electrons. The Balaban J connectivity index is 2.87. The highest BCUT2D eigenvalue weighted by Gasteiger charge is 2.15. The molecule has 18 heavy (non-hydrogen) atoms. The minimum Gasteiger partial charge on any atom is -0.491 e. The zero-order valence-corrected chi connectivity index (χ0v) is 10.7. The van der Waals surface area contributed by atoms with Crippen molar-refractivity contribution < 1.29 is 9.66 Å². The predicted octanol–water partition coefficient (Wildman–Crippen LogP) is 3.28. The summed E-state index contributed by atoms with van der Waals surface area (Å²) in [6.45, 7) is 6.13. The molecular formula is C13H16N2O3. The van der Waals surface area contributed by atoms with Crippen LogP contribution in [0.1, 0.15) is 32.8 Å². The Kier molecular flexibility index (Phi) is 4.67. The fourth-order valence-corrected chi connectivity index (χ4v) is 1.78. The molecule has 0 aliphatic heterocycles. The zero-order valence-electron chi connectivity index (χ0n) is 10.7. The second kappa shape index (κ2) is 6.01. The summed E-state index contributed by atoms with van der Waals surface area (Å²) >= 11 is 0. The van der Waals surface area contributed by atoms with Crippen LogP contribution in [-0.4, -0.2) is 11.0 Å². The van der Waals surface area contributed by atoms with Gasteiger partial charge in [0.25, 0.3) is 5.69 Å². The van der Waals surface area contributed by atoms with E-state index in [1.54, 1.807) is 0 Å². The topological polar surface area (TPSA) is 76.2 Å². The SMILES string of the molecule is CC(C)CC(C)Oc1ccc([N+](=O)[O-])c(C#N)c1. The van der Waals surface area contributed by atoms with E-state index in [-0.39, 0.29) is 17.4 Å². The predicted molar refractivity (Wildman–Crippen MR) is 67.4 cm³/mol.